The standard InChI is InChI=1S/C16H21N3O3S.C2H4O2/c1-13-4-6-14(7-5-13)23(21,22)19-11-9-18(10-12-19)16(20)15-3-2-8-17-15;1-2(3)4/h2-7,15,17H,8-12H2,1H3;1H3,(H,3,4). The number of hydrogen-bond donors (Lipinski definition) is 2. The van der Waals surface area contributed by atoms with Gasteiger partial charge in [0.1, 0.15) is 6.04 Å². The van der Waals surface area contributed by atoms with Gasteiger partial charge in [0.15, 0.2) is 0 Å². The Morgan fingerprint density at radius 1 is 1.11 bits per heavy atom. The maximum absolute atomic E-state index is 12.6. The lowest BCUT2D eigenvalue weighted by atomic mass is 10.2. The number of nitrogens with one attached hydrogen (secondary N) is 1. The molecule has 2 heterocycles. The first-order valence-electron chi connectivity index (χ1n) is 8.67. The molecule has 0 saturated carbocycles. The second-order valence-electron chi connectivity index (χ2n) is 6.38. The van der Waals surface area contributed by atoms with Gasteiger partial charge in [0.05, 0.1) is 4.90 Å². The lowest BCUT2D eigenvalue weighted by Crippen LogP contribution is -2.54. The number of nitrogens with zero attached hydrogens (tertiary/aromatic N) is 2. The number of hydrogen-bond acceptors (Lipinski definition) is 5. The van der Waals surface area contributed by atoms with E-state index in [4.69, 9.17) is 9.90 Å². The molecule has 0 aliphatic carbocycles. The maximum Gasteiger partial charge on any atom is 0.300 e. The number of carbonyl (C=O) groups excluding carboxylic acids is 1. The summed E-state index contributed by atoms with van der Waals surface area (Å²) in [5.74, 6) is -0.814. The van der Waals surface area contributed by atoms with Crippen molar-refractivity contribution in [2.24, 2.45) is 0 Å². The van der Waals surface area contributed by atoms with Gasteiger partial charge in [-0.05, 0) is 19.1 Å². The van der Waals surface area contributed by atoms with E-state index in [2.05, 4.69) is 5.32 Å². The molecule has 27 heavy (non-hydrogen) atoms. The predicted octanol–water partition coefficient (Wildman–Crippen LogP) is 0.447. The highest BCUT2D eigenvalue weighted by Gasteiger charge is 2.32. The lowest BCUT2D eigenvalue weighted by Gasteiger charge is -2.35. The third-order valence-corrected chi connectivity index (χ3v) is 6.17. The Balaban J connectivity index is 0.000000596. The Morgan fingerprint density at radius 3 is 2.15 bits per heavy atom. The third-order valence-electron chi connectivity index (χ3n) is 4.26. The average Bonchev–Trinajstić information content (AvgIpc) is 3.16. The van der Waals surface area contributed by atoms with Gasteiger partial charge in [-0.2, -0.15) is 4.31 Å². The van der Waals surface area contributed by atoms with Crippen molar-refractivity contribution in [3.8, 4) is 0 Å². The van der Waals surface area contributed by atoms with E-state index in [-0.39, 0.29) is 11.9 Å². The number of carboxylic acids is 1. The summed E-state index contributed by atoms with van der Waals surface area (Å²) < 4.78 is 26.7. The van der Waals surface area contributed by atoms with Gasteiger partial charge in [0.25, 0.3) is 5.97 Å². The van der Waals surface area contributed by atoms with Crippen LogP contribution in [-0.2, 0) is 19.6 Å². The quantitative estimate of drug-likeness (QED) is 0.720. The van der Waals surface area contributed by atoms with E-state index in [0.717, 1.165) is 12.5 Å². The maximum atomic E-state index is 12.6. The van der Waals surface area contributed by atoms with Crippen LogP contribution in [0.3, 0.4) is 0 Å². The molecule has 0 spiro atoms. The Hall–Kier alpha value is -2.23. The summed E-state index contributed by atoms with van der Waals surface area (Å²) in [4.78, 5) is 23.3. The molecule has 3 rings (SSSR count). The van der Waals surface area contributed by atoms with E-state index in [1.165, 1.54) is 4.31 Å². The molecule has 8 nitrogen and oxygen atoms in total. The summed E-state index contributed by atoms with van der Waals surface area (Å²) in [5, 5.41) is 10.5. The first-order chi connectivity index (χ1) is 12.7. The first kappa shape index (κ1) is 21.1. The zero-order chi connectivity index (χ0) is 20.0. The third kappa shape index (κ3) is 5.62. The van der Waals surface area contributed by atoms with Crippen molar-refractivity contribution in [3.63, 3.8) is 0 Å². The van der Waals surface area contributed by atoms with Gasteiger partial charge < -0.3 is 10.0 Å². The molecule has 1 fully saturated rings. The van der Waals surface area contributed by atoms with Crippen molar-refractivity contribution in [3.05, 3.63) is 42.0 Å². The number of benzene rings is 1. The molecule has 0 bridgehead atoms. The highest BCUT2D eigenvalue weighted by molar-refractivity contribution is 7.89. The number of aliphatic carboxylic acids is 1. The largest absolute Gasteiger partial charge is 0.481 e. The average molecular weight is 395 g/mol. The van der Waals surface area contributed by atoms with Crippen molar-refractivity contribution in [1.29, 1.82) is 0 Å². The van der Waals surface area contributed by atoms with Crippen LogP contribution in [0.5, 0.6) is 0 Å². The fourth-order valence-electron chi connectivity index (χ4n) is 2.84. The number of aryl methyl sites for hydroxylation is 1. The fraction of sp³-hybridized carbons (Fsp3) is 0.444. The minimum absolute atomic E-state index is 0.0196. The van der Waals surface area contributed by atoms with E-state index in [0.29, 0.717) is 37.6 Å². The highest BCUT2D eigenvalue weighted by atomic mass is 32.2. The number of sulfonamides is 1. The summed E-state index contributed by atoms with van der Waals surface area (Å²) in [6.07, 6.45) is 3.79. The Kier molecular flexibility index (Phi) is 7.11. The molecule has 1 aromatic carbocycles. The van der Waals surface area contributed by atoms with Crippen LogP contribution < -0.4 is 5.32 Å². The van der Waals surface area contributed by atoms with Gasteiger partial charge in [-0.3, -0.25) is 14.9 Å². The highest BCUT2D eigenvalue weighted by Crippen LogP contribution is 2.18. The van der Waals surface area contributed by atoms with Gasteiger partial charge in [0, 0.05) is 39.6 Å². The smallest absolute Gasteiger partial charge is 0.300 e. The van der Waals surface area contributed by atoms with Gasteiger partial charge in [-0.25, -0.2) is 8.42 Å². The Morgan fingerprint density at radius 2 is 1.67 bits per heavy atom. The van der Waals surface area contributed by atoms with E-state index < -0.39 is 16.0 Å². The van der Waals surface area contributed by atoms with Crippen LogP contribution in [0, 0.1) is 6.92 Å². The summed E-state index contributed by atoms with van der Waals surface area (Å²) in [6, 6.07) is 6.59. The molecule has 1 aromatic rings. The van der Waals surface area contributed by atoms with Gasteiger partial charge in [0.2, 0.25) is 15.9 Å². The molecule has 1 atom stereocenters. The van der Waals surface area contributed by atoms with Crippen LogP contribution in [0.1, 0.15) is 12.5 Å². The Bertz CT molecular complexity index is 793. The molecule has 2 aliphatic heterocycles. The zero-order valence-corrected chi connectivity index (χ0v) is 16.3. The molecule has 0 radical (unpaired) electrons. The topological polar surface area (TPSA) is 107 Å². The SMILES string of the molecule is CC(=O)O.Cc1ccc(S(=O)(=O)N2CCN(C(=O)C3C=CCN3)CC2)cc1. The van der Waals surface area contributed by atoms with E-state index in [1.54, 1.807) is 29.2 Å². The van der Waals surface area contributed by atoms with Crippen molar-refractivity contribution < 1.29 is 23.1 Å². The fourth-order valence-corrected chi connectivity index (χ4v) is 4.26. The minimum atomic E-state index is -3.48. The van der Waals surface area contributed by atoms with Gasteiger partial charge in [-0.1, -0.05) is 29.8 Å². The van der Waals surface area contributed by atoms with Crippen LogP contribution in [-0.4, -0.2) is 73.4 Å². The van der Waals surface area contributed by atoms with Crippen LogP contribution in [0.2, 0.25) is 0 Å². The summed E-state index contributed by atoms with van der Waals surface area (Å²) in [5.41, 5.74) is 1.02. The molecule has 2 aliphatic rings. The number of carbonyl (C=O) groups is 2. The zero-order valence-electron chi connectivity index (χ0n) is 15.5. The molecule has 1 saturated heterocycles. The summed E-state index contributed by atoms with van der Waals surface area (Å²) >= 11 is 0. The molecule has 2 N–H and O–H groups in total. The van der Waals surface area contributed by atoms with Crippen LogP contribution in [0.4, 0.5) is 0 Å². The predicted molar refractivity (Wildman–Crippen MR) is 101 cm³/mol. The van der Waals surface area contributed by atoms with Crippen molar-refractivity contribution >= 4 is 21.9 Å². The normalized spacial score (nSPS) is 20.1. The second kappa shape index (κ2) is 9.12. The number of amides is 1. The molecule has 1 amide bonds. The summed E-state index contributed by atoms with van der Waals surface area (Å²) in [7, 11) is -3.48. The molecule has 1 unspecified atom stereocenters. The van der Waals surface area contributed by atoms with Crippen molar-refractivity contribution in [1.82, 2.24) is 14.5 Å². The molecule has 0 aromatic heterocycles. The van der Waals surface area contributed by atoms with Gasteiger partial charge in [-0.15, -0.1) is 0 Å². The molecular weight excluding hydrogens is 370 g/mol. The molecule has 9 heteroatoms. The van der Waals surface area contributed by atoms with Crippen LogP contribution in [0.25, 0.3) is 0 Å². The van der Waals surface area contributed by atoms with E-state index >= 15 is 0 Å². The van der Waals surface area contributed by atoms with Crippen LogP contribution >= 0.6 is 0 Å². The van der Waals surface area contributed by atoms with E-state index in [1.807, 2.05) is 19.1 Å². The van der Waals surface area contributed by atoms with E-state index in [9.17, 15) is 13.2 Å². The number of rotatable bonds is 3. The Labute approximate surface area is 159 Å². The first-order valence-corrected chi connectivity index (χ1v) is 10.1. The lowest BCUT2D eigenvalue weighted by molar-refractivity contribution is -0.134. The molecule has 148 valence electrons. The number of piperazine rings is 1. The second-order valence-corrected chi connectivity index (χ2v) is 8.31. The molecular formula is C18H25N3O5S. The monoisotopic (exact) mass is 395 g/mol. The van der Waals surface area contributed by atoms with Crippen molar-refractivity contribution in [2.45, 2.75) is 24.8 Å². The summed E-state index contributed by atoms with van der Waals surface area (Å²) in [6.45, 7) is 5.23. The van der Waals surface area contributed by atoms with Gasteiger partial charge >= 0.3 is 0 Å². The number of carboxylic acid groups (broad SMARTS) is 1. The minimum Gasteiger partial charge on any atom is -0.481 e. The van der Waals surface area contributed by atoms with Crippen LogP contribution in [0.15, 0.2) is 41.3 Å². The van der Waals surface area contributed by atoms with Crippen molar-refractivity contribution in [2.75, 3.05) is 32.7 Å².